The monoisotopic (exact) mass is 330 g/mol. The second-order valence-electron chi connectivity index (χ2n) is 6.69. The topological polar surface area (TPSA) is 47.2 Å². The number of benzene rings is 2. The molecule has 4 heteroatoms. The normalized spacial score (nSPS) is 14.2. The summed E-state index contributed by atoms with van der Waals surface area (Å²) in [5.74, 6) is 0.897. The maximum Gasteiger partial charge on any atom is 0.253 e. The number of aromatic nitrogens is 1. The Balaban J connectivity index is 1.55. The fourth-order valence-electron chi connectivity index (χ4n) is 3.35. The lowest BCUT2D eigenvalue weighted by atomic mass is 10.1. The molecule has 1 fully saturated rings. The SMILES string of the molecule is O=C(NC1CC1)c1cccc2ccn(Cc3cc4ccccc4o3)c12. The van der Waals surface area contributed by atoms with Crippen molar-refractivity contribution in [1.29, 1.82) is 0 Å². The van der Waals surface area contributed by atoms with Gasteiger partial charge in [-0.2, -0.15) is 0 Å². The van der Waals surface area contributed by atoms with Crippen LogP contribution in [0.1, 0.15) is 29.0 Å². The minimum Gasteiger partial charge on any atom is -0.459 e. The van der Waals surface area contributed by atoms with E-state index in [0.717, 1.165) is 46.0 Å². The number of carbonyl (C=O) groups excluding carboxylic acids is 1. The van der Waals surface area contributed by atoms with Gasteiger partial charge < -0.3 is 14.3 Å². The molecule has 5 rings (SSSR count). The molecule has 4 aromatic rings. The molecule has 1 amide bonds. The molecule has 0 bridgehead atoms. The summed E-state index contributed by atoms with van der Waals surface area (Å²) in [6.07, 6.45) is 4.19. The summed E-state index contributed by atoms with van der Waals surface area (Å²) in [6, 6.07) is 18.3. The van der Waals surface area contributed by atoms with E-state index in [1.165, 1.54) is 0 Å². The lowest BCUT2D eigenvalue weighted by Gasteiger charge is -2.09. The van der Waals surface area contributed by atoms with E-state index in [0.29, 0.717) is 12.6 Å². The van der Waals surface area contributed by atoms with E-state index in [1.807, 2.05) is 54.7 Å². The average molecular weight is 330 g/mol. The van der Waals surface area contributed by atoms with Gasteiger partial charge in [0.25, 0.3) is 5.91 Å². The van der Waals surface area contributed by atoms with Crippen LogP contribution in [0.2, 0.25) is 0 Å². The van der Waals surface area contributed by atoms with Crippen molar-refractivity contribution in [2.24, 2.45) is 0 Å². The van der Waals surface area contributed by atoms with E-state index in [9.17, 15) is 4.79 Å². The van der Waals surface area contributed by atoms with Crippen LogP contribution in [0.25, 0.3) is 21.9 Å². The number of fused-ring (bicyclic) bond motifs is 2. The van der Waals surface area contributed by atoms with Crippen molar-refractivity contribution < 1.29 is 9.21 Å². The van der Waals surface area contributed by atoms with Crippen LogP contribution in [0.4, 0.5) is 0 Å². The molecule has 4 nitrogen and oxygen atoms in total. The maximum atomic E-state index is 12.6. The van der Waals surface area contributed by atoms with Gasteiger partial charge in [-0.05, 0) is 37.1 Å². The molecule has 1 saturated carbocycles. The van der Waals surface area contributed by atoms with Gasteiger partial charge in [0, 0.05) is 23.0 Å². The summed E-state index contributed by atoms with van der Waals surface area (Å²) in [5.41, 5.74) is 2.58. The van der Waals surface area contributed by atoms with Crippen LogP contribution >= 0.6 is 0 Å². The number of para-hydroxylation sites is 2. The second kappa shape index (κ2) is 5.52. The van der Waals surface area contributed by atoms with E-state index in [2.05, 4.69) is 16.0 Å². The quantitative estimate of drug-likeness (QED) is 0.605. The number of furan rings is 1. The number of hydrogen-bond acceptors (Lipinski definition) is 2. The molecule has 124 valence electrons. The average Bonchev–Trinajstić information content (AvgIpc) is 3.19. The van der Waals surface area contributed by atoms with E-state index < -0.39 is 0 Å². The lowest BCUT2D eigenvalue weighted by molar-refractivity contribution is 0.0952. The minimum atomic E-state index is 0.0117. The molecule has 0 spiro atoms. The van der Waals surface area contributed by atoms with Crippen LogP contribution in [-0.4, -0.2) is 16.5 Å². The van der Waals surface area contributed by atoms with Crippen molar-refractivity contribution in [2.45, 2.75) is 25.4 Å². The van der Waals surface area contributed by atoms with Gasteiger partial charge in [-0.1, -0.05) is 30.3 Å². The van der Waals surface area contributed by atoms with E-state index in [1.54, 1.807) is 0 Å². The van der Waals surface area contributed by atoms with Crippen molar-refractivity contribution in [2.75, 3.05) is 0 Å². The van der Waals surface area contributed by atoms with E-state index in [4.69, 9.17) is 4.42 Å². The third kappa shape index (κ3) is 2.60. The first-order valence-electron chi connectivity index (χ1n) is 8.64. The van der Waals surface area contributed by atoms with Crippen molar-refractivity contribution in [3.8, 4) is 0 Å². The van der Waals surface area contributed by atoms with Crippen LogP contribution in [0, 0.1) is 0 Å². The van der Waals surface area contributed by atoms with Crippen LogP contribution in [-0.2, 0) is 6.54 Å². The number of carbonyl (C=O) groups is 1. The number of nitrogens with zero attached hydrogens (tertiary/aromatic N) is 1. The fourth-order valence-corrected chi connectivity index (χ4v) is 3.35. The Morgan fingerprint density at radius 3 is 2.76 bits per heavy atom. The molecule has 2 heterocycles. The van der Waals surface area contributed by atoms with Gasteiger partial charge in [-0.25, -0.2) is 0 Å². The van der Waals surface area contributed by atoms with Crippen molar-refractivity contribution in [3.05, 3.63) is 72.1 Å². The smallest absolute Gasteiger partial charge is 0.253 e. The van der Waals surface area contributed by atoms with Crippen molar-refractivity contribution in [3.63, 3.8) is 0 Å². The summed E-state index contributed by atoms with van der Waals surface area (Å²) in [5, 5.41) is 5.26. The molecule has 2 aromatic heterocycles. The van der Waals surface area contributed by atoms with Crippen LogP contribution in [0.5, 0.6) is 0 Å². The van der Waals surface area contributed by atoms with E-state index in [-0.39, 0.29) is 5.91 Å². The third-order valence-corrected chi connectivity index (χ3v) is 4.75. The zero-order valence-corrected chi connectivity index (χ0v) is 13.7. The Morgan fingerprint density at radius 2 is 1.92 bits per heavy atom. The first-order chi connectivity index (χ1) is 12.3. The maximum absolute atomic E-state index is 12.6. The summed E-state index contributed by atoms with van der Waals surface area (Å²) in [7, 11) is 0. The first-order valence-corrected chi connectivity index (χ1v) is 8.64. The van der Waals surface area contributed by atoms with Gasteiger partial charge in [0.2, 0.25) is 0 Å². The zero-order chi connectivity index (χ0) is 16.8. The molecule has 0 unspecified atom stereocenters. The number of amides is 1. The highest BCUT2D eigenvalue weighted by molar-refractivity contribution is 6.06. The van der Waals surface area contributed by atoms with Gasteiger partial charge in [0.1, 0.15) is 11.3 Å². The Bertz CT molecular complexity index is 1050. The van der Waals surface area contributed by atoms with Crippen LogP contribution in [0.3, 0.4) is 0 Å². The summed E-state index contributed by atoms with van der Waals surface area (Å²) >= 11 is 0. The Morgan fingerprint density at radius 1 is 1.08 bits per heavy atom. The second-order valence-corrected chi connectivity index (χ2v) is 6.69. The van der Waals surface area contributed by atoms with Gasteiger partial charge in [0.05, 0.1) is 17.6 Å². The molecule has 1 aliphatic carbocycles. The lowest BCUT2D eigenvalue weighted by Crippen LogP contribution is -2.26. The first kappa shape index (κ1) is 14.3. The van der Waals surface area contributed by atoms with Gasteiger partial charge >= 0.3 is 0 Å². The zero-order valence-electron chi connectivity index (χ0n) is 13.7. The Kier molecular flexibility index (Phi) is 3.17. The highest BCUT2D eigenvalue weighted by atomic mass is 16.3. The van der Waals surface area contributed by atoms with Crippen molar-refractivity contribution in [1.82, 2.24) is 9.88 Å². The van der Waals surface area contributed by atoms with Crippen molar-refractivity contribution >= 4 is 27.8 Å². The summed E-state index contributed by atoms with van der Waals surface area (Å²) in [4.78, 5) is 12.6. The number of nitrogens with one attached hydrogen (secondary N) is 1. The molecule has 0 saturated heterocycles. The molecule has 1 aliphatic rings. The predicted molar refractivity (Wildman–Crippen MR) is 97.7 cm³/mol. The predicted octanol–water partition coefficient (Wildman–Crippen LogP) is 4.33. The Hall–Kier alpha value is -3.01. The van der Waals surface area contributed by atoms with E-state index >= 15 is 0 Å². The molecular formula is C21H18N2O2. The molecular weight excluding hydrogens is 312 g/mol. The van der Waals surface area contributed by atoms with Gasteiger partial charge in [-0.3, -0.25) is 4.79 Å². The third-order valence-electron chi connectivity index (χ3n) is 4.75. The standard InChI is InChI=1S/C21H18N2O2/c24-21(22-16-8-9-16)18-6-3-5-14-10-11-23(20(14)18)13-17-12-15-4-1-2-7-19(15)25-17/h1-7,10-12,16H,8-9,13H2,(H,22,24). The fraction of sp³-hybridized carbons (Fsp3) is 0.190. The highest BCUT2D eigenvalue weighted by Gasteiger charge is 2.25. The molecule has 0 radical (unpaired) electrons. The molecule has 0 atom stereocenters. The summed E-state index contributed by atoms with van der Waals surface area (Å²) in [6.45, 7) is 0.603. The Labute approximate surface area is 145 Å². The van der Waals surface area contributed by atoms with Gasteiger partial charge in [-0.15, -0.1) is 0 Å². The van der Waals surface area contributed by atoms with Crippen LogP contribution < -0.4 is 5.32 Å². The number of hydrogen-bond donors (Lipinski definition) is 1. The molecule has 1 N–H and O–H groups in total. The molecule has 25 heavy (non-hydrogen) atoms. The summed E-state index contributed by atoms with van der Waals surface area (Å²) < 4.78 is 8.04. The number of rotatable bonds is 4. The van der Waals surface area contributed by atoms with Crippen LogP contribution in [0.15, 0.2) is 65.2 Å². The largest absolute Gasteiger partial charge is 0.459 e. The molecule has 2 aromatic carbocycles. The highest BCUT2D eigenvalue weighted by Crippen LogP contribution is 2.26. The molecule has 0 aliphatic heterocycles. The van der Waals surface area contributed by atoms with Gasteiger partial charge in [0.15, 0.2) is 0 Å². The minimum absolute atomic E-state index is 0.0117.